The van der Waals surface area contributed by atoms with E-state index >= 15 is 0 Å². The van der Waals surface area contributed by atoms with Gasteiger partial charge in [-0.15, -0.1) is 0 Å². The van der Waals surface area contributed by atoms with Crippen LogP contribution in [0.3, 0.4) is 0 Å². The number of carbonyl (C=O) groups is 1. The van der Waals surface area contributed by atoms with Crippen LogP contribution in [-0.2, 0) is 14.3 Å². The minimum Gasteiger partial charge on any atom is -0.469 e. The van der Waals surface area contributed by atoms with Crippen LogP contribution in [0, 0.1) is 46.3 Å². The minimum absolute atomic E-state index is 0.0359. The molecule has 0 aliphatic heterocycles. The molecule has 4 fully saturated rings. The van der Waals surface area contributed by atoms with E-state index in [0.717, 1.165) is 44.9 Å². The summed E-state index contributed by atoms with van der Waals surface area (Å²) in [7, 11) is 1.45. The van der Waals surface area contributed by atoms with Gasteiger partial charge in [0.05, 0.1) is 19.3 Å². The van der Waals surface area contributed by atoms with Gasteiger partial charge in [0.25, 0.3) is 0 Å². The van der Waals surface area contributed by atoms with Crippen LogP contribution in [0.15, 0.2) is 5.57 Å². The highest BCUT2D eigenvalue weighted by atomic mass is 16.5. The van der Waals surface area contributed by atoms with Crippen molar-refractivity contribution in [2.75, 3.05) is 7.11 Å². The molecule has 5 nitrogen and oxygen atoms in total. The van der Waals surface area contributed by atoms with Crippen molar-refractivity contribution in [1.29, 1.82) is 0 Å². The second kappa shape index (κ2) is 8.32. The summed E-state index contributed by atoms with van der Waals surface area (Å²) in [6.07, 6.45) is 6.89. The molecule has 0 saturated heterocycles. The van der Waals surface area contributed by atoms with Crippen LogP contribution < -0.4 is 0 Å². The third-order valence-electron chi connectivity index (χ3n) is 10.5. The van der Waals surface area contributed by atoms with Crippen LogP contribution in [0.5, 0.6) is 0 Å². The normalized spacial score (nSPS) is 47.5. The van der Waals surface area contributed by atoms with Crippen molar-refractivity contribution in [3.63, 3.8) is 0 Å². The van der Waals surface area contributed by atoms with Crippen molar-refractivity contribution >= 4 is 11.9 Å². The quantitative estimate of drug-likeness (QED) is 0.519. The van der Waals surface area contributed by atoms with Gasteiger partial charge in [-0.2, -0.15) is 0 Å². The Bertz CT molecular complexity index is 757. The number of aliphatic hydroxyl groups is 2. The zero-order valence-electron chi connectivity index (χ0n) is 19.6. The molecule has 5 heteroatoms. The number of fused-ring (bicyclic) bond motifs is 5. The number of methoxy groups -OCH3 is 1. The van der Waals surface area contributed by atoms with E-state index in [1.165, 1.54) is 7.11 Å². The molecule has 4 rings (SSSR count). The minimum atomic E-state index is -0.736. The summed E-state index contributed by atoms with van der Waals surface area (Å²) in [5.74, 6) is 3.79. The van der Waals surface area contributed by atoms with Gasteiger partial charge in [-0.1, -0.05) is 20.8 Å². The summed E-state index contributed by atoms with van der Waals surface area (Å²) in [6.45, 7) is 6.97. The van der Waals surface area contributed by atoms with Crippen LogP contribution in [0.2, 0.25) is 0 Å². The Morgan fingerprint density at radius 2 is 1.81 bits per heavy atom. The molecule has 2 N–H and O–H groups in total. The third kappa shape index (κ3) is 3.52. The van der Waals surface area contributed by atoms with E-state index in [9.17, 15) is 19.8 Å². The predicted octanol–water partition coefficient (Wildman–Crippen LogP) is 3.93. The van der Waals surface area contributed by atoms with Gasteiger partial charge in [0, 0.05) is 17.9 Å². The first kappa shape index (κ1) is 23.0. The average Bonchev–Trinajstić information content (AvgIpc) is 3.10. The van der Waals surface area contributed by atoms with Crippen LogP contribution in [0.25, 0.3) is 0 Å². The molecule has 4 aliphatic carbocycles. The molecule has 0 bridgehead atoms. The summed E-state index contributed by atoms with van der Waals surface area (Å²) >= 11 is 0. The van der Waals surface area contributed by atoms with Gasteiger partial charge in [-0.05, 0) is 91.8 Å². The zero-order valence-corrected chi connectivity index (χ0v) is 19.6. The van der Waals surface area contributed by atoms with E-state index in [0.29, 0.717) is 42.1 Å². The first-order valence-corrected chi connectivity index (χ1v) is 12.3. The lowest BCUT2D eigenvalue weighted by atomic mass is 9.43. The molecule has 0 radical (unpaired) electrons. The number of ether oxygens (including phenoxy) is 1. The number of hydrogen-bond donors (Lipinski definition) is 2. The van der Waals surface area contributed by atoms with Gasteiger partial charge in [0.15, 0.2) is 0 Å². The maximum Gasteiger partial charge on any atom is 0.305 e. The monoisotopic (exact) mass is 432 g/mol. The average molecular weight is 433 g/mol. The summed E-state index contributed by atoms with van der Waals surface area (Å²) in [6, 6.07) is 0. The largest absolute Gasteiger partial charge is 0.469 e. The fourth-order valence-corrected chi connectivity index (χ4v) is 8.81. The maximum absolute atomic E-state index is 12.0. The first-order chi connectivity index (χ1) is 14.7. The smallest absolute Gasteiger partial charge is 0.305 e. The molecule has 4 aliphatic rings. The highest BCUT2D eigenvalue weighted by molar-refractivity contribution is 5.69. The van der Waals surface area contributed by atoms with E-state index in [1.807, 2.05) is 0 Å². The number of rotatable bonds is 4. The van der Waals surface area contributed by atoms with Gasteiger partial charge in [0.2, 0.25) is 0 Å². The van der Waals surface area contributed by atoms with Crippen molar-refractivity contribution in [2.24, 2.45) is 46.3 Å². The van der Waals surface area contributed by atoms with Crippen molar-refractivity contribution in [2.45, 2.75) is 90.8 Å². The predicted molar refractivity (Wildman–Crippen MR) is 118 cm³/mol. The molecular formula is C26H40O5. The van der Waals surface area contributed by atoms with Crippen LogP contribution in [-0.4, -0.2) is 41.4 Å². The fourth-order valence-electron chi connectivity index (χ4n) is 8.81. The standard InChI is InChI=1S/C26H40O5/c1-15(5-8-22(29)31-4)18-6-7-19-23-20(10-12-25(18,19)2)26(3)11-9-16(28)13-21(26)17(14-27)24(23)30/h15-16,18-21,23-24,28,30H,5-13H2,1-4H3/t15-,16-,18-,19+,20+,21+,23+,24-,25-,26-/m1/s1. The first-order valence-electron chi connectivity index (χ1n) is 12.3. The Labute approximate surface area is 186 Å². The third-order valence-corrected chi connectivity index (χ3v) is 10.5. The van der Waals surface area contributed by atoms with Crippen molar-refractivity contribution in [3.8, 4) is 0 Å². The number of hydrogen-bond acceptors (Lipinski definition) is 5. The van der Waals surface area contributed by atoms with E-state index in [1.54, 1.807) is 0 Å². The Balaban J connectivity index is 1.61. The van der Waals surface area contributed by atoms with Crippen molar-refractivity contribution < 1.29 is 24.5 Å². The topological polar surface area (TPSA) is 83.8 Å². The van der Waals surface area contributed by atoms with Gasteiger partial charge in [-0.3, -0.25) is 4.79 Å². The van der Waals surface area contributed by atoms with Crippen molar-refractivity contribution in [1.82, 2.24) is 0 Å². The second-order valence-corrected chi connectivity index (χ2v) is 11.6. The van der Waals surface area contributed by atoms with Gasteiger partial charge in [-0.25, -0.2) is 4.79 Å². The van der Waals surface area contributed by atoms with Gasteiger partial charge >= 0.3 is 5.97 Å². The Morgan fingerprint density at radius 3 is 2.48 bits per heavy atom. The molecule has 4 saturated carbocycles. The molecule has 0 amide bonds. The van der Waals surface area contributed by atoms with Crippen LogP contribution in [0.1, 0.15) is 78.6 Å². The molecule has 0 aromatic carbocycles. The number of esters is 1. The molecule has 0 aromatic heterocycles. The summed E-state index contributed by atoms with van der Waals surface area (Å²) in [5.41, 5.74) is 0.614. The van der Waals surface area contributed by atoms with Gasteiger partial charge in [0.1, 0.15) is 5.94 Å². The lowest BCUT2D eigenvalue weighted by Crippen LogP contribution is -2.59. The summed E-state index contributed by atoms with van der Waals surface area (Å²) < 4.78 is 4.84. The van der Waals surface area contributed by atoms with E-state index in [-0.39, 0.29) is 34.7 Å². The fraction of sp³-hybridized carbons (Fsp3) is 0.885. The SMILES string of the molecule is COC(=O)CC[C@@H](C)[C@H]1CC[C@H]2[C@@H]3[C@H](O)C(=C=O)[C@@H]4C[C@H](O)CC[C@]4(C)[C@H]3CC[C@]12C. The number of carbonyl (C=O) groups excluding carboxylic acids is 2. The summed E-state index contributed by atoms with van der Waals surface area (Å²) in [5, 5.41) is 21.8. The number of aliphatic hydroxyl groups excluding tert-OH is 2. The molecule has 31 heavy (non-hydrogen) atoms. The van der Waals surface area contributed by atoms with E-state index in [4.69, 9.17) is 4.74 Å². The highest BCUT2D eigenvalue weighted by Crippen LogP contribution is 2.69. The Kier molecular flexibility index (Phi) is 6.17. The second-order valence-electron chi connectivity index (χ2n) is 11.6. The molecule has 0 spiro atoms. The van der Waals surface area contributed by atoms with Crippen LogP contribution >= 0.6 is 0 Å². The van der Waals surface area contributed by atoms with E-state index < -0.39 is 6.10 Å². The van der Waals surface area contributed by atoms with E-state index in [2.05, 4.69) is 26.7 Å². The van der Waals surface area contributed by atoms with Crippen molar-refractivity contribution in [3.05, 3.63) is 5.57 Å². The van der Waals surface area contributed by atoms with Gasteiger partial charge < -0.3 is 14.9 Å². The highest BCUT2D eigenvalue weighted by Gasteiger charge is 2.64. The molecule has 0 heterocycles. The lowest BCUT2D eigenvalue weighted by Gasteiger charge is -2.62. The molecule has 0 aromatic rings. The summed E-state index contributed by atoms with van der Waals surface area (Å²) in [4.78, 5) is 23.7. The molecule has 10 atom stereocenters. The molecular weight excluding hydrogens is 392 g/mol. The zero-order chi connectivity index (χ0) is 22.6. The lowest BCUT2D eigenvalue weighted by molar-refractivity contribution is -0.147. The maximum atomic E-state index is 12.0. The molecule has 174 valence electrons. The molecule has 0 unspecified atom stereocenters. The Morgan fingerprint density at radius 1 is 1.13 bits per heavy atom. The van der Waals surface area contributed by atoms with Crippen LogP contribution in [0.4, 0.5) is 0 Å². The Hall–Kier alpha value is -1.16.